The van der Waals surface area contributed by atoms with Gasteiger partial charge in [-0.15, -0.1) is 34.2 Å². The van der Waals surface area contributed by atoms with Gasteiger partial charge in [0.15, 0.2) is 11.8 Å². The van der Waals surface area contributed by atoms with Crippen LogP contribution in [0.1, 0.15) is 37.0 Å². The number of guanidine groups is 1. The number of aromatic nitrogens is 3. The summed E-state index contributed by atoms with van der Waals surface area (Å²) in [7, 11) is 3.66. The van der Waals surface area contributed by atoms with E-state index in [9.17, 15) is 0 Å². The molecule has 0 unspecified atom stereocenters. The Balaban J connectivity index is 0.00000320. The standard InChI is InChI=1S/C21H32N6O2.HI/c1-5-29-19-10-12-27(13-11-19)21(23-15-20-25-24-16(2)26(20)3)22-14-17-6-8-18(28-4)9-7-17;/h6-9,19H,5,10-15H2,1-4H3,(H,22,23);1H. The van der Waals surface area contributed by atoms with E-state index >= 15 is 0 Å². The Labute approximate surface area is 196 Å². The Morgan fingerprint density at radius 2 is 1.90 bits per heavy atom. The predicted molar refractivity (Wildman–Crippen MR) is 128 cm³/mol. The molecule has 1 aliphatic rings. The Hall–Kier alpha value is -1.88. The Kier molecular flexibility index (Phi) is 9.83. The van der Waals surface area contributed by atoms with Crippen molar-refractivity contribution in [3.05, 3.63) is 41.5 Å². The predicted octanol–water partition coefficient (Wildman–Crippen LogP) is 2.90. The fourth-order valence-electron chi connectivity index (χ4n) is 3.40. The molecule has 1 N–H and O–H groups in total. The molecular weight excluding hydrogens is 495 g/mol. The van der Waals surface area contributed by atoms with Gasteiger partial charge in [0.1, 0.15) is 11.6 Å². The highest BCUT2D eigenvalue weighted by Gasteiger charge is 2.22. The highest BCUT2D eigenvalue weighted by Crippen LogP contribution is 2.15. The van der Waals surface area contributed by atoms with Gasteiger partial charge in [0.25, 0.3) is 0 Å². The Morgan fingerprint density at radius 1 is 1.20 bits per heavy atom. The number of hydrogen-bond acceptors (Lipinski definition) is 5. The van der Waals surface area contributed by atoms with Gasteiger partial charge in [0.05, 0.1) is 26.3 Å². The summed E-state index contributed by atoms with van der Waals surface area (Å²) >= 11 is 0. The smallest absolute Gasteiger partial charge is 0.194 e. The van der Waals surface area contributed by atoms with Crippen LogP contribution in [0.2, 0.25) is 0 Å². The molecule has 8 nitrogen and oxygen atoms in total. The van der Waals surface area contributed by atoms with E-state index in [2.05, 4.69) is 27.3 Å². The summed E-state index contributed by atoms with van der Waals surface area (Å²) in [5.74, 6) is 3.54. The monoisotopic (exact) mass is 528 g/mol. The molecule has 9 heteroatoms. The van der Waals surface area contributed by atoms with Crippen molar-refractivity contribution in [2.45, 2.75) is 45.9 Å². The van der Waals surface area contributed by atoms with Crippen LogP contribution in [0.5, 0.6) is 5.75 Å². The zero-order chi connectivity index (χ0) is 20.6. The number of benzene rings is 1. The topological polar surface area (TPSA) is 76.8 Å². The lowest BCUT2D eigenvalue weighted by atomic mass is 10.1. The van der Waals surface area contributed by atoms with E-state index in [1.807, 2.05) is 42.8 Å². The normalized spacial score (nSPS) is 15.1. The second-order valence-electron chi connectivity index (χ2n) is 7.21. The zero-order valence-electron chi connectivity index (χ0n) is 18.3. The molecule has 0 amide bonds. The van der Waals surface area contributed by atoms with Crippen LogP contribution in [-0.2, 0) is 24.9 Å². The van der Waals surface area contributed by atoms with Crippen LogP contribution >= 0.6 is 24.0 Å². The molecule has 0 radical (unpaired) electrons. The maximum atomic E-state index is 5.79. The molecule has 30 heavy (non-hydrogen) atoms. The van der Waals surface area contributed by atoms with Gasteiger partial charge in [-0.25, -0.2) is 4.99 Å². The summed E-state index contributed by atoms with van der Waals surface area (Å²) < 4.78 is 13.0. The van der Waals surface area contributed by atoms with Crippen molar-refractivity contribution in [2.75, 3.05) is 26.8 Å². The van der Waals surface area contributed by atoms with Gasteiger partial charge in [-0.05, 0) is 44.4 Å². The van der Waals surface area contributed by atoms with Crippen molar-refractivity contribution in [1.82, 2.24) is 25.0 Å². The molecule has 1 aliphatic heterocycles. The van der Waals surface area contributed by atoms with Crippen LogP contribution in [-0.4, -0.2) is 58.5 Å². The first-order valence-corrected chi connectivity index (χ1v) is 10.2. The fourth-order valence-corrected chi connectivity index (χ4v) is 3.40. The number of hydrogen-bond donors (Lipinski definition) is 1. The first-order chi connectivity index (χ1) is 14.1. The van der Waals surface area contributed by atoms with Crippen LogP contribution in [0, 0.1) is 6.92 Å². The van der Waals surface area contributed by atoms with Crippen molar-refractivity contribution in [1.29, 1.82) is 0 Å². The average Bonchev–Trinajstić information content (AvgIpc) is 3.07. The van der Waals surface area contributed by atoms with E-state index in [1.165, 1.54) is 0 Å². The SMILES string of the molecule is CCOC1CCN(C(=NCc2ccc(OC)cc2)NCc2nnc(C)n2C)CC1.I. The number of nitrogens with one attached hydrogen (secondary N) is 1. The van der Waals surface area contributed by atoms with Gasteiger partial charge >= 0.3 is 0 Å². The van der Waals surface area contributed by atoms with Crippen LogP contribution in [0.3, 0.4) is 0 Å². The molecule has 1 aromatic carbocycles. The van der Waals surface area contributed by atoms with Gasteiger partial charge in [0.2, 0.25) is 0 Å². The summed E-state index contributed by atoms with van der Waals surface area (Å²) in [6.07, 6.45) is 2.38. The molecular formula is C21H33IN6O2. The first kappa shape index (κ1) is 24.4. The summed E-state index contributed by atoms with van der Waals surface area (Å²) in [5.41, 5.74) is 1.14. The third-order valence-corrected chi connectivity index (χ3v) is 5.30. The molecule has 3 rings (SSSR count). The molecule has 2 aromatic rings. The minimum Gasteiger partial charge on any atom is -0.497 e. The second-order valence-corrected chi connectivity index (χ2v) is 7.21. The van der Waals surface area contributed by atoms with Gasteiger partial charge in [-0.3, -0.25) is 0 Å². The molecule has 1 aromatic heterocycles. The van der Waals surface area contributed by atoms with Gasteiger partial charge in [-0.2, -0.15) is 0 Å². The Bertz CT molecular complexity index is 800. The van der Waals surface area contributed by atoms with Crippen LogP contribution in [0.15, 0.2) is 29.3 Å². The minimum absolute atomic E-state index is 0. The largest absolute Gasteiger partial charge is 0.497 e. The number of piperidine rings is 1. The van der Waals surface area contributed by atoms with Gasteiger partial charge < -0.3 is 24.3 Å². The molecule has 0 atom stereocenters. The number of aryl methyl sites for hydroxylation is 1. The number of halogens is 1. The zero-order valence-corrected chi connectivity index (χ0v) is 20.6. The first-order valence-electron chi connectivity index (χ1n) is 10.2. The maximum Gasteiger partial charge on any atom is 0.194 e. The molecule has 0 bridgehead atoms. The van der Waals surface area contributed by atoms with Gasteiger partial charge in [0, 0.05) is 26.7 Å². The summed E-state index contributed by atoms with van der Waals surface area (Å²) in [6.45, 7) is 7.83. The van der Waals surface area contributed by atoms with E-state index < -0.39 is 0 Å². The molecule has 2 heterocycles. The second kappa shape index (κ2) is 12.1. The summed E-state index contributed by atoms with van der Waals surface area (Å²) in [6, 6.07) is 8.03. The van der Waals surface area contributed by atoms with Crippen molar-refractivity contribution < 1.29 is 9.47 Å². The van der Waals surface area contributed by atoms with Crippen molar-refractivity contribution in [3.8, 4) is 5.75 Å². The maximum absolute atomic E-state index is 5.79. The minimum atomic E-state index is 0. The van der Waals surface area contributed by atoms with E-state index in [0.29, 0.717) is 19.2 Å². The number of likely N-dealkylation sites (tertiary alicyclic amines) is 1. The fraction of sp³-hybridized carbons (Fsp3) is 0.571. The molecule has 0 aliphatic carbocycles. The number of methoxy groups -OCH3 is 1. The van der Waals surface area contributed by atoms with E-state index in [1.54, 1.807) is 7.11 Å². The Morgan fingerprint density at radius 3 is 2.47 bits per heavy atom. The van der Waals surface area contributed by atoms with Crippen LogP contribution < -0.4 is 10.1 Å². The van der Waals surface area contributed by atoms with Gasteiger partial charge in [-0.1, -0.05) is 12.1 Å². The lowest BCUT2D eigenvalue weighted by Crippen LogP contribution is -2.47. The van der Waals surface area contributed by atoms with Crippen molar-refractivity contribution in [2.24, 2.45) is 12.0 Å². The number of rotatable bonds is 7. The van der Waals surface area contributed by atoms with E-state index in [4.69, 9.17) is 14.5 Å². The lowest BCUT2D eigenvalue weighted by Gasteiger charge is -2.34. The molecule has 0 saturated carbocycles. The summed E-state index contributed by atoms with van der Waals surface area (Å²) in [5, 5.41) is 11.9. The summed E-state index contributed by atoms with van der Waals surface area (Å²) in [4.78, 5) is 7.20. The van der Waals surface area contributed by atoms with Crippen molar-refractivity contribution in [3.63, 3.8) is 0 Å². The molecule has 0 spiro atoms. The van der Waals surface area contributed by atoms with Crippen LogP contribution in [0.4, 0.5) is 0 Å². The third-order valence-electron chi connectivity index (χ3n) is 5.30. The lowest BCUT2D eigenvalue weighted by molar-refractivity contribution is 0.0263. The number of aliphatic imine (C=N–C) groups is 1. The average molecular weight is 528 g/mol. The van der Waals surface area contributed by atoms with Crippen molar-refractivity contribution >= 4 is 29.9 Å². The van der Waals surface area contributed by atoms with Crippen LogP contribution in [0.25, 0.3) is 0 Å². The third kappa shape index (κ3) is 6.56. The molecule has 1 fully saturated rings. The van der Waals surface area contributed by atoms with E-state index in [-0.39, 0.29) is 24.0 Å². The quantitative estimate of drug-likeness (QED) is 0.339. The van der Waals surface area contributed by atoms with E-state index in [0.717, 1.165) is 61.5 Å². The number of ether oxygens (including phenoxy) is 2. The highest BCUT2D eigenvalue weighted by molar-refractivity contribution is 14.0. The molecule has 1 saturated heterocycles. The molecule has 166 valence electrons. The highest BCUT2D eigenvalue weighted by atomic mass is 127. The number of nitrogens with zero attached hydrogens (tertiary/aromatic N) is 5.